The lowest BCUT2D eigenvalue weighted by Crippen LogP contribution is -2.42. The number of aromatic nitrogens is 3. The summed E-state index contributed by atoms with van der Waals surface area (Å²) in [7, 11) is 0. The van der Waals surface area contributed by atoms with Crippen molar-refractivity contribution in [3.8, 4) is 5.88 Å². The number of likely N-dealkylation sites (tertiary alicyclic amines) is 1. The van der Waals surface area contributed by atoms with E-state index in [1.54, 1.807) is 12.1 Å². The van der Waals surface area contributed by atoms with Crippen molar-refractivity contribution in [1.82, 2.24) is 30.7 Å². The van der Waals surface area contributed by atoms with E-state index in [4.69, 9.17) is 9.26 Å². The Morgan fingerprint density at radius 1 is 1.15 bits per heavy atom. The van der Waals surface area contributed by atoms with Crippen LogP contribution in [0.2, 0.25) is 0 Å². The lowest BCUT2D eigenvalue weighted by molar-refractivity contribution is -0.132. The van der Waals surface area contributed by atoms with Gasteiger partial charge in [-0.05, 0) is 63.9 Å². The van der Waals surface area contributed by atoms with Gasteiger partial charge >= 0.3 is 6.01 Å². The number of nitrogens with one attached hydrogen (secondary N) is 2. The van der Waals surface area contributed by atoms with E-state index in [0.29, 0.717) is 48.6 Å². The summed E-state index contributed by atoms with van der Waals surface area (Å²) in [4.78, 5) is 38.7. The number of piperidine rings is 1. The molecule has 3 aliphatic heterocycles. The molecular weight excluding hydrogens is 510 g/mol. The molecule has 218 valence electrons. The molecule has 5 rings (SSSR count). The second-order valence-electron chi connectivity index (χ2n) is 11.7. The first kappa shape index (κ1) is 28.3. The molecule has 3 fully saturated rings. The molecule has 2 atom stereocenters. The number of anilines is 1. The van der Waals surface area contributed by atoms with Crippen molar-refractivity contribution in [2.24, 2.45) is 5.92 Å². The van der Waals surface area contributed by atoms with E-state index in [9.17, 15) is 9.59 Å². The van der Waals surface area contributed by atoms with Crippen LogP contribution >= 0.6 is 0 Å². The molecule has 40 heavy (non-hydrogen) atoms. The average Bonchev–Trinajstić information content (AvgIpc) is 3.73. The van der Waals surface area contributed by atoms with E-state index in [1.807, 2.05) is 11.8 Å². The predicted molar refractivity (Wildman–Crippen MR) is 151 cm³/mol. The Hall–Kier alpha value is -3.21. The first-order valence-electron chi connectivity index (χ1n) is 14.9. The normalized spacial score (nSPS) is 21.8. The number of ether oxygens (including phenoxy) is 1. The zero-order chi connectivity index (χ0) is 28.1. The highest BCUT2D eigenvalue weighted by Gasteiger charge is 2.34. The molecule has 3 aliphatic rings. The number of carbonyl (C=O) groups excluding carboxylic acids is 2. The van der Waals surface area contributed by atoms with Crippen LogP contribution in [-0.4, -0.2) is 83.3 Å². The molecule has 3 saturated heterocycles. The molecule has 0 saturated carbocycles. The third-order valence-corrected chi connectivity index (χ3v) is 8.33. The fraction of sp³-hybridized carbons (Fsp3) is 0.690. The highest BCUT2D eigenvalue weighted by Crippen LogP contribution is 2.26. The van der Waals surface area contributed by atoms with Gasteiger partial charge in [0.25, 0.3) is 5.91 Å². The van der Waals surface area contributed by atoms with Gasteiger partial charge in [0, 0.05) is 50.7 Å². The van der Waals surface area contributed by atoms with E-state index in [1.165, 1.54) is 0 Å². The molecule has 2 aromatic rings. The summed E-state index contributed by atoms with van der Waals surface area (Å²) < 4.78 is 11.4. The predicted octanol–water partition coefficient (Wildman–Crippen LogP) is 3.05. The van der Waals surface area contributed by atoms with Gasteiger partial charge in [-0.15, -0.1) is 0 Å². The topological polar surface area (TPSA) is 126 Å². The molecule has 0 aromatic carbocycles. The minimum absolute atomic E-state index is 0.0734. The lowest BCUT2D eigenvalue weighted by atomic mass is 9.92. The lowest BCUT2D eigenvalue weighted by Gasteiger charge is -2.30. The van der Waals surface area contributed by atoms with E-state index >= 15 is 0 Å². The highest BCUT2D eigenvalue weighted by molar-refractivity contribution is 5.95. The van der Waals surface area contributed by atoms with Crippen LogP contribution in [0.5, 0.6) is 5.88 Å². The zero-order valence-corrected chi connectivity index (χ0v) is 24.0. The quantitative estimate of drug-likeness (QED) is 0.427. The SMILES string of the molecule is Cc1nc(OCCCC2CCN(c3nc(C(C)C)no3)CC2)ccc1C(=O)N[C@@H]1CN[C@H](C(=O)N2CCCC2)C1. The summed E-state index contributed by atoms with van der Waals surface area (Å²) in [5.41, 5.74) is 1.18. The Morgan fingerprint density at radius 2 is 1.93 bits per heavy atom. The summed E-state index contributed by atoms with van der Waals surface area (Å²) in [5.74, 6) is 2.22. The van der Waals surface area contributed by atoms with Crippen LogP contribution in [0.25, 0.3) is 0 Å². The number of hydrogen-bond acceptors (Lipinski definition) is 9. The molecule has 2 aromatic heterocycles. The summed E-state index contributed by atoms with van der Waals surface area (Å²) in [6, 6.07) is 3.90. The van der Waals surface area contributed by atoms with Crippen molar-refractivity contribution >= 4 is 17.8 Å². The van der Waals surface area contributed by atoms with Crippen LogP contribution in [0.15, 0.2) is 16.7 Å². The number of hydrogen-bond donors (Lipinski definition) is 2. The van der Waals surface area contributed by atoms with Gasteiger partial charge in [0.05, 0.1) is 23.9 Å². The van der Waals surface area contributed by atoms with Gasteiger partial charge in [0.2, 0.25) is 11.8 Å². The van der Waals surface area contributed by atoms with Gasteiger partial charge in [-0.25, -0.2) is 4.98 Å². The van der Waals surface area contributed by atoms with Crippen molar-refractivity contribution in [2.75, 3.05) is 44.2 Å². The Labute approximate surface area is 236 Å². The largest absolute Gasteiger partial charge is 0.478 e. The summed E-state index contributed by atoms with van der Waals surface area (Å²) in [6.07, 6.45) is 7.03. The van der Waals surface area contributed by atoms with Gasteiger partial charge in [-0.3, -0.25) is 9.59 Å². The summed E-state index contributed by atoms with van der Waals surface area (Å²) in [6.45, 7) is 10.7. The van der Waals surface area contributed by atoms with E-state index < -0.39 is 0 Å². The van der Waals surface area contributed by atoms with Gasteiger partial charge in [-0.2, -0.15) is 4.98 Å². The minimum Gasteiger partial charge on any atom is -0.478 e. The third kappa shape index (κ3) is 6.92. The third-order valence-electron chi connectivity index (χ3n) is 8.33. The Balaban J connectivity index is 1.00. The summed E-state index contributed by atoms with van der Waals surface area (Å²) in [5, 5.41) is 10.4. The molecule has 0 spiro atoms. The van der Waals surface area contributed by atoms with Crippen LogP contribution in [0.4, 0.5) is 6.01 Å². The minimum atomic E-state index is -0.214. The number of pyridine rings is 1. The maximum absolute atomic E-state index is 12.9. The van der Waals surface area contributed by atoms with E-state index in [2.05, 4.69) is 44.5 Å². The monoisotopic (exact) mass is 553 g/mol. The number of amides is 2. The second kappa shape index (κ2) is 13.0. The molecule has 2 amide bonds. The first-order valence-corrected chi connectivity index (χ1v) is 14.9. The van der Waals surface area contributed by atoms with Crippen LogP contribution in [-0.2, 0) is 4.79 Å². The van der Waals surface area contributed by atoms with Crippen molar-refractivity contribution in [2.45, 2.75) is 83.7 Å². The van der Waals surface area contributed by atoms with Crippen LogP contribution in [0.1, 0.15) is 86.6 Å². The van der Waals surface area contributed by atoms with E-state index in [-0.39, 0.29) is 29.8 Å². The molecule has 0 unspecified atom stereocenters. The number of aryl methyl sites for hydroxylation is 1. The van der Waals surface area contributed by atoms with Crippen molar-refractivity contribution < 1.29 is 18.8 Å². The fourth-order valence-corrected chi connectivity index (χ4v) is 5.86. The van der Waals surface area contributed by atoms with Crippen molar-refractivity contribution in [1.29, 1.82) is 0 Å². The average molecular weight is 554 g/mol. The van der Waals surface area contributed by atoms with Gasteiger partial charge < -0.3 is 29.7 Å². The maximum atomic E-state index is 12.9. The number of nitrogens with zero attached hydrogens (tertiary/aromatic N) is 5. The molecule has 11 nitrogen and oxygen atoms in total. The molecule has 0 bridgehead atoms. The molecule has 0 radical (unpaired) electrons. The smallest absolute Gasteiger partial charge is 0.324 e. The molecule has 0 aliphatic carbocycles. The first-order chi connectivity index (χ1) is 19.4. The molecular formula is C29H43N7O4. The van der Waals surface area contributed by atoms with Crippen LogP contribution in [0.3, 0.4) is 0 Å². The number of rotatable bonds is 10. The van der Waals surface area contributed by atoms with E-state index in [0.717, 1.165) is 70.5 Å². The Bertz CT molecular complexity index is 1160. The fourth-order valence-electron chi connectivity index (χ4n) is 5.86. The molecule has 11 heteroatoms. The van der Waals surface area contributed by atoms with Crippen molar-refractivity contribution in [3.63, 3.8) is 0 Å². The maximum Gasteiger partial charge on any atom is 0.324 e. The second-order valence-corrected chi connectivity index (χ2v) is 11.7. The standard InChI is InChI=1S/C29H43N7O4/c1-19(2)26-33-29(40-34-26)36-14-10-21(11-15-36)7-6-16-39-25-9-8-23(20(3)31-25)27(37)32-22-17-24(30-18-22)28(38)35-12-4-5-13-35/h8-9,19,21-22,24,30H,4-7,10-18H2,1-3H3,(H,32,37)/t22-,24-/m0/s1. The van der Waals surface area contributed by atoms with Crippen molar-refractivity contribution in [3.05, 3.63) is 29.2 Å². The highest BCUT2D eigenvalue weighted by atomic mass is 16.5. The Kier molecular flexibility index (Phi) is 9.18. The molecule has 5 heterocycles. The summed E-state index contributed by atoms with van der Waals surface area (Å²) >= 11 is 0. The molecule has 2 N–H and O–H groups in total. The Morgan fingerprint density at radius 3 is 2.62 bits per heavy atom. The van der Waals surface area contributed by atoms with Gasteiger partial charge in [0.15, 0.2) is 5.82 Å². The van der Waals surface area contributed by atoms with Gasteiger partial charge in [-0.1, -0.05) is 19.0 Å². The number of carbonyl (C=O) groups is 2. The van der Waals surface area contributed by atoms with Crippen LogP contribution < -0.4 is 20.3 Å². The van der Waals surface area contributed by atoms with Crippen LogP contribution in [0, 0.1) is 12.8 Å². The van der Waals surface area contributed by atoms with Gasteiger partial charge in [0.1, 0.15) is 0 Å². The zero-order valence-electron chi connectivity index (χ0n) is 24.0.